The summed E-state index contributed by atoms with van der Waals surface area (Å²) in [7, 11) is 0. The van der Waals surface area contributed by atoms with Crippen molar-refractivity contribution in [2.24, 2.45) is 0 Å². The maximum absolute atomic E-state index is 13.0. The number of Topliss-reactive ketones (excluding diaryl/α,β-unsaturated/α-hetero) is 1. The van der Waals surface area contributed by atoms with Crippen LogP contribution in [0.2, 0.25) is 0 Å². The zero-order valence-electron chi connectivity index (χ0n) is 8.02. The minimum atomic E-state index is -0.262. The molecular formula is C11H12BrFO. The Morgan fingerprint density at radius 1 is 1.36 bits per heavy atom. The molecule has 1 aromatic rings. The third-order valence-corrected chi connectivity index (χ3v) is 2.60. The molecule has 0 radical (unpaired) electrons. The van der Waals surface area contributed by atoms with Crippen molar-refractivity contribution in [2.75, 3.05) is 5.33 Å². The summed E-state index contributed by atoms with van der Waals surface area (Å²) in [6.45, 7) is 1.96. The molecule has 0 N–H and O–H groups in total. The van der Waals surface area contributed by atoms with Crippen molar-refractivity contribution in [3.63, 3.8) is 0 Å². The lowest BCUT2D eigenvalue weighted by Gasteiger charge is -2.02. The Morgan fingerprint density at radius 2 is 2.00 bits per heavy atom. The van der Waals surface area contributed by atoms with Gasteiger partial charge in [0.2, 0.25) is 0 Å². The van der Waals surface area contributed by atoms with E-state index >= 15 is 0 Å². The molecule has 0 saturated carbocycles. The van der Waals surface area contributed by atoms with E-state index in [2.05, 4.69) is 15.9 Å². The van der Waals surface area contributed by atoms with Gasteiger partial charge in [0, 0.05) is 6.42 Å². The average molecular weight is 259 g/mol. The van der Waals surface area contributed by atoms with Crippen molar-refractivity contribution in [3.05, 3.63) is 35.1 Å². The Labute approximate surface area is 91.5 Å². The zero-order valence-corrected chi connectivity index (χ0v) is 9.60. The van der Waals surface area contributed by atoms with Crippen molar-refractivity contribution in [3.8, 4) is 0 Å². The van der Waals surface area contributed by atoms with E-state index in [1.165, 1.54) is 12.1 Å². The van der Waals surface area contributed by atoms with E-state index in [4.69, 9.17) is 0 Å². The predicted molar refractivity (Wildman–Crippen MR) is 58.3 cm³/mol. The lowest BCUT2D eigenvalue weighted by atomic mass is 10.0. The summed E-state index contributed by atoms with van der Waals surface area (Å²) < 4.78 is 13.0. The zero-order chi connectivity index (χ0) is 10.6. The molecule has 0 atom stereocenters. The van der Waals surface area contributed by atoms with Crippen LogP contribution in [0.15, 0.2) is 18.2 Å². The molecule has 0 amide bonds. The molecule has 0 heterocycles. The highest BCUT2D eigenvalue weighted by Crippen LogP contribution is 2.11. The second-order valence-corrected chi connectivity index (χ2v) is 3.73. The molecule has 0 bridgehead atoms. The van der Waals surface area contributed by atoms with E-state index in [-0.39, 0.29) is 11.6 Å². The van der Waals surface area contributed by atoms with Gasteiger partial charge in [-0.3, -0.25) is 4.79 Å². The Kier molecular flexibility index (Phi) is 4.26. The van der Waals surface area contributed by atoms with E-state index in [0.717, 1.165) is 17.5 Å². The number of hydrogen-bond acceptors (Lipinski definition) is 1. The molecule has 0 aliphatic carbocycles. The Balaban J connectivity index is 2.86. The molecule has 0 fully saturated rings. The standard InChI is InChI=1S/C11H12BrFO/c1-2-8-3-9(5-10(13)4-8)6-11(14)7-12/h3-5H,2,6-7H2,1H3. The fraction of sp³-hybridized carbons (Fsp3) is 0.364. The van der Waals surface area contributed by atoms with Gasteiger partial charge in [0.1, 0.15) is 11.6 Å². The first-order valence-corrected chi connectivity index (χ1v) is 5.64. The van der Waals surface area contributed by atoms with Crippen LogP contribution in [0.25, 0.3) is 0 Å². The number of ketones is 1. The van der Waals surface area contributed by atoms with Gasteiger partial charge in [-0.1, -0.05) is 28.9 Å². The fourth-order valence-electron chi connectivity index (χ4n) is 1.30. The highest BCUT2D eigenvalue weighted by atomic mass is 79.9. The number of carbonyl (C=O) groups excluding carboxylic acids is 1. The summed E-state index contributed by atoms with van der Waals surface area (Å²) in [6, 6.07) is 4.80. The molecule has 0 aromatic heterocycles. The third kappa shape index (κ3) is 3.22. The monoisotopic (exact) mass is 258 g/mol. The van der Waals surface area contributed by atoms with E-state index in [1.54, 1.807) is 0 Å². The largest absolute Gasteiger partial charge is 0.298 e. The van der Waals surface area contributed by atoms with E-state index in [0.29, 0.717) is 11.8 Å². The number of alkyl halides is 1. The van der Waals surface area contributed by atoms with Gasteiger partial charge in [0.05, 0.1) is 5.33 Å². The van der Waals surface area contributed by atoms with Crippen molar-refractivity contribution < 1.29 is 9.18 Å². The minimum absolute atomic E-state index is 0.0673. The van der Waals surface area contributed by atoms with E-state index < -0.39 is 0 Å². The third-order valence-electron chi connectivity index (χ3n) is 1.98. The summed E-state index contributed by atoms with van der Waals surface area (Å²) in [6.07, 6.45) is 1.09. The summed E-state index contributed by atoms with van der Waals surface area (Å²) in [4.78, 5) is 11.1. The van der Waals surface area contributed by atoms with E-state index in [9.17, 15) is 9.18 Å². The Bertz CT molecular complexity index is 336. The highest BCUT2D eigenvalue weighted by Gasteiger charge is 2.04. The van der Waals surface area contributed by atoms with Crippen molar-refractivity contribution in [2.45, 2.75) is 19.8 Å². The van der Waals surface area contributed by atoms with Gasteiger partial charge < -0.3 is 0 Å². The van der Waals surface area contributed by atoms with Gasteiger partial charge in [0.15, 0.2) is 0 Å². The second kappa shape index (κ2) is 5.25. The number of rotatable bonds is 4. The normalized spacial score (nSPS) is 10.2. The summed E-state index contributed by atoms with van der Waals surface area (Å²) >= 11 is 3.08. The first kappa shape index (κ1) is 11.4. The van der Waals surface area contributed by atoms with Crippen molar-refractivity contribution in [1.29, 1.82) is 0 Å². The summed E-state index contributed by atoms with van der Waals surface area (Å²) in [5.74, 6) is -0.195. The van der Waals surface area contributed by atoms with Crippen LogP contribution in [0, 0.1) is 5.82 Å². The van der Waals surface area contributed by atoms with Crippen LogP contribution in [0.1, 0.15) is 18.1 Å². The molecule has 1 nitrogen and oxygen atoms in total. The van der Waals surface area contributed by atoms with Gasteiger partial charge in [0.25, 0.3) is 0 Å². The number of halogens is 2. The number of aryl methyl sites for hydroxylation is 1. The second-order valence-electron chi connectivity index (χ2n) is 3.17. The van der Waals surface area contributed by atoms with Crippen LogP contribution in [0.5, 0.6) is 0 Å². The molecule has 0 unspecified atom stereocenters. The molecule has 0 aliphatic heterocycles. The lowest BCUT2D eigenvalue weighted by Crippen LogP contribution is -2.04. The van der Waals surface area contributed by atoms with Gasteiger partial charge >= 0.3 is 0 Å². The molecule has 1 rings (SSSR count). The summed E-state index contributed by atoms with van der Waals surface area (Å²) in [5.41, 5.74) is 1.69. The smallest absolute Gasteiger partial charge is 0.147 e. The predicted octanol–water partition coefficient (Wildman–Crippen LogP) is 2.89. The van der Waals surface area contributed by atoms with Crippen molar-refractivity contribution >= 4 is 21.7 Å². The Hall–Kier alpha value is -0.700. The molecule has 1 aromatic carbocycles. The SMILES string of the molecule is CCc1cc(F)cc(CC(=O)CBr)c1. The van der Waals surface area contributed by atoms with Gasteiger partial charge in [-0.25, -0.2) is 4.39 Å². The average Bonchev–Trinajstić information content (AvgIpc) is 2.16. The number of hydrogen-bond donors (Lipinski definition) is 0. The first-order chi connectivity index (χ1) is 6.65. The maximum atomic E-state index is 13.0. The van der Waals surface area contributed by atoms with Crippen LogP contribution in [-0.4, -0.2) is 11.1 Å². The van der Waals surface area contributed by atoms with Crippen molar-refractivity contribution in [1.82, 2.24) is 0 Å². The van der Waals surface area contributed by atoms with Crippen LogP contribution >= 0.6 is 15.9 Å². The number of carbonyl (C=O) groups is 1. The summed E-state index contributed by atoms with van der Waals surface area (Å²) in [5, 5.41) is 0.324. The molecule has 3 heteroatoms. The fourth-order valence-corrected chi connectivity index (χ4v) is 1.50. The van der Waals surface area contributed by atoms with Gasteiger partial charge in [-0.15, -0.1) is 0 Å². The van der Waals surface area contributed by atoms with Crippen LogP contribution in [0.4, 0.5) is 4.39 Å². The quantitative estimate of drug-likeness (QED) is 0.760. The molecule has 0 spiro atoms. The number of benzene rings is 1. The Morgan fingerprint density at radius 3 is 2.57 bits per heavy atom. The molecule has 76 valence electrons. The minimum Gasteiger partial charge on any atom is -0.298 e. The lowest BCUT2D eigenvalue weighted by molar-refractivity contribution is -0.115. The van der Waals surface area contributed by atoms with Crippen LogP contribution in [0.3, 0.4) is 0 Å². The van der Waals surface area contributed by atoms with Crippen LogP contribution < -0.4 is 0 Å². The van der Waals surface area contributed by atoms with Crippen LogP contribution in [-0.2, 0) is 17.6 Å². The topological polar surface area (TPSA) is 17.1 Å². The highest BCUT2D eigenvalue weighted by molar-refractivity contribution is 9.09. The van der Waals surface area contributed by atoms with Gasteiger partial charge in [-0.2, -0.15) is 0 Å². The van der Waals surface area contributed by atoms with Gasteiger partial charge in [-0.05, 0) is 29.7 Å². The molecule has 0 aliphatic rings. The van der Waals surface area contributed by atoms with E-state index in [1.807, 2.05) is 13.0 Å². The first-order valence-electron chi connectivity index (χ1n) is 4.51. The molecular weight excluding hydrogens is 247 g/mol. The molecule has 14 heavy (non-hydrogen) atoms. The molecule has 0 saturated heterocycles. The maximum Gasteiger partial charge on any atom is 0.147 e.